The third kappa shape index (κ3) is 2.61. The molecule has 1 saturated heterocycles. The zero-order chi connectivity index (χ0) is 11.8. The van der Waals surface area contributed by atoms with Crippen molar-refractivity contribution >= 4 is 10.0 Å². The number of epoxide rings is 1. The van der Waals surface area contributed by atoms with Crippen molar-refractivity contribution in [1.29, 1.82) is 0 Å². The van der Waals surface area contributed by atoms with Crippen molar-refractivity contribution in [3.05, 3.63) is 29.8 Å². The molecule has 1 aliphatic rings. The Labute approximate surface area is 95.7 Å². The Balaban J connectivity index is 2.14. The molecule has 5 heteroatoms. The first-order valence-electron chi connectivity index (χ1n) is 5.19. The average molecular weight is 241 g/mol. The summed E-state index contributed by atoms with van der Waals surface area (Å²) in [6.45, 7) is 4.37. The Kier molecular flexibility index (Phi) is 3.01. The lowest BCUT2D eigenvalue weighted by Gasteiger charge is -2.11. The highest BCUT2D eigenvalue weighted by molar-refractivity contribution is 7.89. The van der Waals surface area contributed by atoms with Crippen molar-refractivity contribution in [2.45, 2.75) is 30.9 Å². The van der Waals surface area contributed by atoms with Gasteiger partial charge in [-0.15, -0.1) is 0 Å². The van der Waals surface area contributed by atoms with Crippen LogP contribution in [0.3, 0.4) is 0 Å². The summed E-state index contributed by atoms with van der Waals surface area (Å²) in [5.74, 6) is 0. The van der Waals surface area contributed by atoms with Crippen LogP contribution in [0, 0.1) is 6.92 Å². The van der Waals surface area contributed by atoms with Gasteiger partial charge in [0, 0.05) is 6.04 Å². The topological polar surface area (TPSA) is 58.7 Å². The predicted octanol–water partition coefficient (Wildman–Crippen LogP) is 1.06. The van der Waals surface area contributed by atoms with Crippen LogP contribution in [-0.4, -0.2) is 27.2 Å². The van der Waals surface area contributed by atoms with Crippen molar-refractivity contribution in [3.8, 4) is 0 Å². The largest absolute Gasteiger partial charge is 0.371 e. The van der Waals surface area contributed by atoms with Gasteiger partial charge >= 0.3 is 0 Å². The number of rotatable bonds is 4. The number of aryl methyl sites for hydroxylation is 1. The Morgan fingerprint density at radius 2 is 1.94 bits per heavy atom. The van der Waals surface area contributed by atoms with Crippen LogP contribution in [0.5, 0.6) is 0 Å². The highest BCUT2D eigenvalue weighted by atomic mass is 32.2. The molecule has 1 N–H and O–H groups in total. The molecular formula is C11H15NO3S. The van der Waals surface area contributed by atoms with Crippen molar-refractivity contribution in [2.75, 3.05) is 6.61 Å². The van der Waals surface area contributed by atoms with Crippen molar-refractivity contribution in [1.82, 2.24) is 4.72 Å². The second-order valence-corrected chi connectivity index (χ2v) is 5.81. The summed E-state index contributed by atoms with van der Waals surface area (Å²) in [6.07, 6.45) is 0.0280. The van der Waals surface area contributed by atoms with Crippen LogP contribution in [0.2, 0.25) is 0 Å². The van der Waals surface area contributed by atoms with E-state index in [9.17, 15) is 8.42 Å². The fraction of sp³-hybridized carbons (Fsp3) is 0.455. The molecule has 16 heavy (non-hydrogen) atoms. The van der Waals surface area contributed by atoms with E-state index in [2.05, 4.69) is 4.72 Å². The van der Waals surface area contributed by atoms with Gasteiger partial charge < -0.3 is 4.74 Å². The number of sulfonamides is 1. The molecule has 0 bridgehead atoms. The van der Waals surface area contributed by atoms with Gasteiger partial charge in [0.15, 0.2) is 0 Å². The lowest BCUT2D eigenvalue weighted by molar-refractivity contribution is 0.370. The van der Waals surface area contributed by atoms with E-state index in [4.69, 9.17) is 4.74 Å². The minimum atomic E-state index is -3.41. The Hall–Kier alpha value is -0.910. The lowest BCUT2D eigenvalue weighted by atomic mass is 10.2. The molecule has 2 atom stereocenters. The van der Waals surface area contributed by atoms with Crippen LogP contribution in [0.4, 0.5) is 0 Å². The molecule has 2 rings (SSSR count). The molecule has 1 aromatic rings. The number of ether oxygens (including phenoxy) is 1. The van der Waals surface area contributed by atoms with Crippen molar-refractivity contribution in [3.63, 3.8) is 0 Å². The molecule has 1 heterocycles. The summed E-state index contributed by atoms with van der Waals surface area (Å²) in [6, 6.07) is 6.61. The lowest BCUT2D eigenvalue weighted by Crippen LogP contribution is -2.36. The van der Waals surface area contributed by atoms with Crippen LogP contribution >= 0.6 is 0 Å². The molecule has 1 fully saturated rings. The highest BCUT2D eigenvalue weighted by Gasteiger charge is 2.32. The zero-order valence-electron chi connectivity index (χ0n) is 9.30. The Morgan fingerprint density at radius 3 is 2.44 bits per heavy atom. The van der Waals surface area contributed by atoms with Gasteiger partial charge in [0.25, 0.3) is 0 Å². The van der Waals surface area contributed by atoms with Gasteiger partial charge in [-0.1, -0.05) is 17.7 Å². The third-order valence-corrected chi connectivity index (χ3v) is 4.16. The first kappa shape index (κ1) is 11.6. The monoisotopic (exact) mass is 241 g/mol. The quantitative estimate of drug-likeness (QED) is 0.802. The van der Waals surface area contributed by atoms with Crippen LogP contribution in [0.25, 0.3) is 0 Å². The fourth-order valence-electron chi connectivity index (χ4n) is 1.45. The van der Waals surface area contributed by atoms with Gasteiger partial charge in [-0.2, -0.15) is 0 Å². The summed E-state index contributed by atoms with van der Waals surface area (Å²) >= 11 is 0. The van der Waals surface area contributed by atoms with E-state index in [-0.39, 0.29) is 12.1 Å². The fourth-order valence-corrected chi connectivity index (χ4v) is 2.72. The number of hydrogen-bond donors (Lipinski definition) is 1. The highest BCUT2D eigenvalue weighted by Crippen LogP contribution is 2.17. The molecule has 0 unspecified atom stereocenters. The summed E-state index contributed by atoms with van der Waals surface area (Å²) in [5, 5.41) is 0. The molecule has 1 aliphatic heterocycles. The van der Waals surface area contributed by atoms with E-state index in [1.807, 2.05) is 13.8 Å². The number of hydrogen-bond acceptors (Lipinski definition) is 3. The zero-order valence-corrected chi connectivity index (χ0v) is 10.1. The number of nitrogens with one attached hydrogen (secondary N) is 1. The Bertz CT molecular complexity index is 463. The van der Waals surface area contributed by atoms with Gasteiger partial charge in [0.2, 0.25) is 10.0 Å². The van der Waals surface area contributed by atoms with E-state index in [1.54, 1.807) is 24.3 Å². The molecule has 0 aliphatic carbocycles. The van der Waals surface area contributed by atoms with E-state index >= 15 is 0 Å². The maximum atomic E-state index is 11.9. The summed E-state index contributed by atoms with van der Waals surface area (Å²) in [4.78, 5) is 0.297. The summed E-state index contributed by atoms with van der Waals surface area (Å²) < 4.78 is 31.5. The maximum absolute atomic E-state index is 11.9. The first-order chi connectivity index (χ1) is 7.49. The maximum Gasteiger partial charge on any atom is 0.240 e. The molecule has 0 radical (unpaired) electrons. The SMILES string of the molecule is Cc1ccc(S(=O)(=O)N[C@@H](C)[C@@H]2CO2)cc1. The van der Waals surface area contributed by atoms with E-state index in [0.29, 0.717) is 11.5 Å². The van der Waals surface area contributed by atoms with Crippen molar-refractivity contribution in [2.24, 2.45) is 0 Å². The third-order valence-electron chi connectivity index (χ3n) is 2.59. The molecule has 0 aromatic heterocycles. The minimum Gasteiger partial charge on any atom is -0.371 e. The first-order valence-corrected chi connectivity index (χ1v) is 6.68. The van der Waals surface area contributed by atoms with Crippen molar-refractivity contribution < 1.29 is 13.2 Å². The minimum absolute atomic E-state index is 0.0280. The second kappa shape index (κ2) is 4.16. The van der Waals surface area contributed by atoms with Gasteiger partial charge in [-0.05, 0) is 26.0 Å². The molecule has 88 valence electrons. The molecule has 0 amide bonds. The van der Waals surface area contributed by atoms with E-state index in [1.165, 1.54) is 0 Å². The summed E-state index contributed by atoms with van der Waals surface area (Å²) in [7, 11) is -3.41. The van der Waals surface area contributed by atoms with Gasteiger partial charge in [-0.3, -0.25) is 0 Å². The smallest absolute Gasteiger partial charge is 0.240 e. The number of benzene rings is 1. The normalized spacial score (nSPS) is 21.8. The second-order valence-electron chi connectivity index (χ2n) is 4.09. The molecule has 0 saturated carbocycles. The molecule has 0 spiro atoms. The van der Waals surface area contributed by atoms with Crippen LogP contribution < -0.4 is 4.72 Å². The van der Waals surface area contributed by atoms with Gasteiger partial charge in [0.1, 0.15) is 0 Å². The molecule has 1 aromatic carbocycles. The average Bonchev–Trinajstić information content (AvgIpc) is 3.00. The Morgan fingerprint density at radius 1 is 1.38 bits per heavy atom. The van der Waals surface area contributed by atoms with Crippen LogP contribution in [0.15, 0.2) is 29.2 Å². The summed E-state index contributed by atoms with van der Waals surface area (Å²) in [5.41, 5.74) is 1.04. The van der Waals surface area contributed by atoms with Crippen LogP contribution in [0.1, 0.15) is 12.5 Å². The predicted molar refractivity (Wildman–Crippen MR) is 60.7 cm³/mol. The van der Waals surface area contributed by atoms with E-state index in [0.717, 1.165) is 5.56 Å². The van der Waals surface area contributed by atoms with Gasteiger partial charge in [-0.25, -0.2) is 13.1 Å². The standard InChI is InChI=1S/C11H15NO3S/c1-8-3-5-10(6-4-8)16(13,14)12-9(2)11-7-15-11/h3-6,9,11-12H,7H2,1-2H3/t9-,11-/m0/s1. The van der Waals surface area contributed by atoms with E-state index < -0.39 is 10.0 Å². The van der Waals surface area contributed by atoms with Crippen LogP contribution in [-0.2, 0) is 14.8 Å². The molecule has 4 nitrogen and oxygen atoms in total. The molecular weight excluding hydrogens is 226 g/mol. The van der Waals surface area contributed by atoms with Gasteiger partial charge in [0.05, 0.1) is 17.6 Å².